The Morgan fingerprint density at radius 2 is 1.80 bits per heavy atom. The lowest BCUT2D eigenvalue weighted by molar-refractivity contribution is 0.0941. The molecule has 0 aromatic heterocycles. The molecule has 25 heavy (non-hydrogen) atoms. The molecule has 0 radical (unpaired) electrons. The number of nitrogens with one attached hydrogen (secondary N) is 1. The molecule has 1 aromatic carbocycles. The third kappa shape index (κ3) is 4.52. The van der Waals surface area contributed by atoms with Crippen LogP contribution in [0.25, 0.3) is 0 Å². The first-order valence-electron chi connectivity index (χ1n) is 9.00. The Labute approximate surface area is 149 Å². The SMILES string of the molecule is CCOc1ccc(C(=O)NCC2CCN(S(=O)(=O)C3CC3)CC2)cc1. The molecular formula is C18H26N2O4S. The lowest BCUT2D eigenvalue weighted by Crippen LogP contribution is -2.42. The van der Waals surface area contributed by atoms with Gasteiger partial charge in [0, 0.05) is 25.2 Å². The zero-order valence-corrected chi connectivity index (χ0v) is 15.4. The Balaban J connectivity index is 1.44. The molecule has 0 bridgehead atoms. The van der Waals surface area contributed by atoms with Gasteiger partial charge in [-0.3, -0.25) is 4.79 Å². The first-order valence-corrected chi connectivity index (χ1v) is 10.5. The normalized spacial score (nSPS) is 19.6. The minimum absolute atomic E-state index is 0.101. The summed E-state index contributed by atoms with van der Waals surface area (Å²) in [4.78, 5) is 12.2. The van der Waals surface area contributed by atoms with Gasteiger partial charge < -0.3 is 10.1 Å². The van der Waals surface area contributed by atoms with Gasteiger partial charge in [-0.1, -0.05) is 0 Å². The van der Waals surface area contributed by atoms with Crippen molar-refractivity contribution in [2.24, 2.45) is 5.92 Å². The monoisotopic (exact) mass is 366 g/mol. The van der Waals surface area contributed by atoms with E-state index >= 15 is 0 Å². The Hall–Kier alpha value is -1.60. The van der Waals surface area contributed by atoms with Crippen molar-refractivity contribution in [3.63, 3.8) is 0 Å². The van der Waals surface area contributed by atoms with Gasteiger partial charge in [0.15, 0.2) is 0 Å². The molecular weight excluding hydrogens is 340 g/mol. The Morgan fingerprint density at radius 3 is 2.36 bits per heavy atom. The molecule has 1 saturated heterocycles. The highest BCUT2D eigenvalue weighted by Gasteiger charge is 2.41. The summed E-state index contributed by atoms with van der Waals surface area (Å²) in [5.41, 5.74) is 0.609. The molecule has 1 N–H and O–H groups in total. The van der Waals surface area contributed by atoms with Gasteiger partial charge in [-0.25, -0.2) is 12.7 Å². The maximum atomic E-state index is 12.2. The van der Waals surface area contributed by atoms with E-state index in [0.29, 0.717) is 37.7 Å². The second-order valence-corrected chi connectivity index (χ2v) is 8.97. The molecule has 1 aliphatic carbocycles. The zero-order chi connectivity index (χ0) is 17.9. The molecule has 0 spiro atoms. The molecule has 0 atom stereocenters. The fourth-order valence-corrected chi connectivity index (χ4v) is 5.03. The van der Waals surface area contributed by atoms with Gasteiger partial charge in [-0.15, -0.1) is 0 Å². The van der Waals surface area contributed by atoms with Gasteiger partial charge in [0.25, 0.3) is 5.91 Å². The first-order chi connectivity index (χ1) is 12.0. The fourth-order valence-electron chi connectivity index (χ4n) is 3.15. The summed E-state index contributed by atoms with van der Waals surface area (Å²) >= 11 is 0. The minimum atomic E-state index is -3.06. The molecule has 6 nitrogen and oxygen atoms in total. The number of hydrogen-bond acceptors (Lipinski definition) is 4. The summed E-state index contributed by atoms with van der Waals surface area (Å²) in [5.74, 6) is 0.983. The van der Waals surface area contributed by atoms with Crippen molar-refractivity contribution in [2.75, 3.05) is 26.2 Å². The van der Waals surface area contributed by atoms with Gasteiger partial charge in [0.1, 0.15) is 5.75 Å². The fraction of sp³-hybridized carbons (Fsp3) is 0.611. The second kappa shape index (κ2) is 7.74. The van der Waals surface area contributed by atoms with Crippen LogP contribution in [0.4, 0.5) is 0 Å². The maximum absolute atomic E-state index is 12.2. The molecule has 2 fully saturated rings. The molecule has 1 saturated carbocycles. The van der Waals surface area contributed by atoms with Gasteiger partial charge in [0.2, 0.25) is 10.0 Å². The van der Waals surface area contributed by atoms with Crippen LogP contribution in [-0.4, -0.2) is 50.1 Å². The third-order valence-electron chi connectivity index (χ3n) is 4.86. The van der Waals surface area contributed by atoms with E-state index in [0.717, 1.165) is 31.4 Å². The average Bonchev–Trinajstić information content (AvgIpc) is 3.47. The zero-order valence-electron chi connectivity index (χ0n) is 14.6. The summed E-state index contributed by atoms with van der Waals surface area (Å²) < 4.78 is 31.5. The number of amides is 1. The molecule has 138 valence electrons. The number of piperidine rings is 1. The van der Waals surface area contributed by atoms with Gasteiger partial charge in [-0.2, -0.15) is 0 Å². The van der Waals surface area contributed by atoms with Crippen molar-refractivity contribution in [3.8, 4) is 5.75 Å². The summed E-state index contributed by atoms with van der Waals surface area (Å²) in [6, 6.07) is 7.09. The number of ether oxygens (including phenoxy) is 1. The standard InChI is InChI=1S/C18H26N2O4S/c1-2-24-16-5-3-15(4-6-16)18(21)19-13-14-9-11-20(12-10-14)25(22,23)17-7-8-17/h3-6,14,17H,2,7-13H2,1H3,(H,19,21). The highest BCUT2D eigenvalue weighted by Crippen LogP contribution is 2.33. The van der Waals surface area contributed by atoms with Crippen molar-refractivity contribution in [1.29, 1.82) is 0 Å². The highest BCUT2D eigenvalue weighted by atomic mass is 32.2. The predicted molar refractivity (Wildman–Crippen MR) is 96.2 cm³/mol. The summed E-state index contributed by atoms with van der Waals surface area (Å²) in [6.45, 7) is 4.25. The largest absolute Gasteiger partial charge is 0.494 e. The van der Waals surface area contributed by atoms with Crippen LogP contribution in [0.15, 0.2) is 24.3 Å². The van der Waals surface area contributed by atoms with Crippen molar-refractivity contribution >= 4 is 15.9 Å². The van der Waals surface area contributed by atoms with Crippen LogP contribution >= 0.6 is 0 Å². The number of benzene rings is 1. The molecule has 2 aliphatic rings. The predicted octanol–water partition coefficient (Wildman–Crippen LogP) is 2.02. The van der Waals surface area contributed by atoms with E-state index in [-0.39, 0.29) is 11.2 Å². The van der Waals surface area contributed by atoms with E-state index in [2.05, 4.69) is 5.32 Å². The number of carbonyl (C=O) groups excluding carboxylic acids is 1. The summed E-state index contributed by atoms with van der Waals surface area (Å²) in [5, 5.41) is 2.83. The van der Waals surface area contributed by atoms with Crippen LogP contribution < -0.4 is 10.1 Å². The minimum Gasteiger partial charge on any atom is -0.494 e. The Bertz CT molecular complexity index is 690. The van der Waals surface area contributed by atoms with Gasteiger partial charge >= 0.3 is 0 Å². The number of carbonyl (C=O) groups is 1. The molecule has 1 aromatic rings. The molecule has 1 heterocycles. The van der Waals surface area contributed by atoms with E-state index < -0.39 is 10.0 Å². The van der Waals surface area contributed by atoms with Gasteiger partial charge in [0.05, 0.1) is 11.9 Å². The van der Waals surface area contributed by atoms with Crippen LogP contribution in [0.5, 0.6) is 5.75 Å². The summed E-state index contributed by atoms with van der Waals surface area (Å²) in [6.07, 6.45) is 3.21. The number of rotatable bonds is 7. The van der Waals surface area contributed by atoms with Crippen molar-refractivity contribution in [2.45, 2.75) is 37.9 Å². The highest BCUT2D eigenvalue weighted by molar-refractivity contribution is 7.90. The van der Waals surface area contributed by atoms with Crippen LogP contribution in [0.3, 0.4) is 0 Å². The number of sulfonamides is 1. The maximum Gasteiger partial charge on any atom is 0.251 e. The quantitative estimate of drug-likeness (QED) is 0.801. The average molecular weight is 366 g/mol. The lowest BCUT2D eigenvalue weighted by Gasteiger charge is -2.31. The van der Waals surface area contributed by atoms with Crippen molar-refractivity contribution in [1.82, 2.24) is 9.62 Å². The molecule has 0 unspecified atom stereocenters. The topological polar surface area (TPSA) is 75.7 Å². The molecule has 3 rings (SSSR count). The van der Waals surface area contributed by atoms with E-state index in [9.17, 15) is 13.2 Å². The number of hydrogen-bond donors (Lipinski definition) is 1. The van der Waals surface area contributed by atoms with E-state index in [1.54, 1.807) is 28.6 Å². The van der Waals surface area contributed by atoms with E-state index in [1.807, 2.05) is 6.92 Å². The van der Waals surface area contributed by atoms with Crippen molar-refractivity contribution < 1.29 is 17.9 Å². The molecule has 1 aliphatic heterocycles. The lowest BCUT2D eigenvalue weighted by atomic mass is 9.98. The second-order valence-electron chi connectivity index (χ2n) is 6.75. The smallest absolute Gasteiger partial charge is 0.251 e. The number of nitrogens with zero attached hydrogens (tertiary/aromatic N) is 1. The van der Waals surface area contributed by atoms with E-state index in [1.165, 1.54) is 0 Å². The molecule has 7 heteroatoms. The van der Waals surface area contributed by atoms with Crippen molar-refractivity contribution in [3.05, 3.63) is 29.8 Å². The first kappa shape index (κ1) is 18.2. The Morgan fingerprint density at radius 1 is 1.16 bits per heavy atom. The van der Waals surface area contributed by atoms with Crippen LogP contribution in [0.1, 0.15) is 43.0 Å². The van der Waals surface area contributed by atoms with Crippen LogP contribution in [0, 0.1) is 5.92 Å². The molecule has 1 amide bonds. The van der Waals surface area contributed by atoms with E-state index in [4.69, 9.17) is 4.74 Å². The van der Waals surface area contributed by atoms with Crippen LogP contribution in [-0.2, 0) is 10.0 Å². The summed E-state index contributed by atoms with van der Waals surface area (Å²) in [7, 11) is -3.06. The Kier molecular flexibility index (Phi) is 5.64. The third-order valence-corrected chi connectivity index (χ3v) is 7.26. The van der Waals surface area contributed by atoms with Gasteiger partial charge in [-0.05, 0) is 62.8 Å². The van der Waals surface area contributed by atoms with Crippen LogP contribution in [0.2, 0.25) is 0 Å².